The Morgan fingerprint density at radius 2 is 1.76 bits per heavy atom. The molecule has 2 rings (SSSR count). The Bertz CT molecular complexity index is 873. The number of nitrogens with zero attached hydrogens (tertiary/aromatic N) is 1. The number of carbonyl (C=O) groups is 3. The number of methoxy groups -OCH3 is 2. The molecule has 0 saturated carbocycles. The lowest BCUT2D eigenvalue weighted by Gasteiger charge is -2.29. The molecule has 1 aromatic heterocycles. The number of aromatic nitrogens is 1. The molecule has 0 fully saturated rings. The number of ketones is 1. The number of hydrogen-bond donors (Lipinski definition) is 1. The fraction of sp³-hybridized carbons (Fsp3) is 0.409. The third kappa shape index (κ3) is 4.92. The number of esters is 1. The molecule has 0 aliphatic heterocycles. The van der Waals surface area contributed by atoms with Crippen molar-refractivity contribution >= 4 is 17.7 Å². The van der Waals surface area contributed by atoms with E-state index in [1.165, 1.54) is 7.11 Å². The summed E-state index contributed by atoms with van der Waals surface area (Å²) in [5.41, 5.74) is 2.28. The number of carbonyl (C=O) groups excluding carboxylic acids is 3. The first kappa shape index (κ1) is 22.4. The van der Waals surface area contributed by atoms with Crippen molar-refractivity contribution in [3.8, 4) is 0 Å². The standard InChI is InChI=1S/C22H28N2O5/c1-14-18(15(2)23-19(14)22(27)29-5)20(25)16(3)24(12-9-13-28-4)21(26)17-10-7-6-8-11-17/h6-8,10-11,16,23H,9,12-13H2,1-5H3/t16-/m0/s1. The normalized spacial score (nSPS) is 11.8. The molecule has 7 nitrogen and oxygen atoms in total. The minimum absolute atomic E-state index is 0.221. The van der Waals surface area contributed by atoms with E-state index in [-0.39, 0.29) is 17.4 Å². The Morgan fingerprint density at radius 1 is 1.10 bits per heavy atom. The fourth-order valence-electron chi connectivity index (χ4n) is 3.37. The van der Waals surface area contributed by atoms with E-state index in [1.54, 1.807) is 57.0 Å². The Balaban J connectivity index is 2.36. The van der Waals surface area contributed by atoms with Crippen molar-refractivity contribution in [3.63, 3.8) is 0 Å². The molecule has 0 bridgehead atoms. The maximum absolute atomic E-state index is 13.3. The van der Waals surface area contributed by atoms with Crippen LogP contribution in [0.5, 0.6) is 0 Å². The lowest BCUT2D eigenvalue weighted by molar-refractivity contribution is 0.0591. The van der Waals surface area contributed by atoms with Crippen molar-refractivity contribution in [2.24, 2.45) is 0 Å². The van der Waals surface area contributed by atoms with Crippen LogP contribution < -0.4 is 0 Å². The van der Waals surface area contributed by atoms with Crippen molar-refractivity contribution in [1.82, 2.24) is 9.88 Å². The van der Waals surface area contributed by atoms with Crippen LogP contribution in [-0.4, -0.2) is 61.0 Å². The first-order valence-electron chi connectivity index (χ1n) is 9.50. The monoisotopic (exact) mass is 400 g/mol. The van der Waals surface area contributed by atoms with Crippen LogP contribution in [0.4, 0.5) is 0 Å². The van der Waals surface area contributed by atoms with Gasteiger partial charge in [-0.3, -0.25) is 9.59 Å². The van der Waals surface area contributed by atoms with Crippen LogP contribution in [0.2, 0.25) is 0 Å². The van der Waals surface area contributed by atoms with Crippen LogP contribution >= 0.6 is 0 Å². The van der Waals surface area contributed by atoms with Crippen molar-refractivity contribution in [3.05, 3.63) is 58.4 Å². The molecule has 29 heavy (non-hydrogen) atoms. The zero-order chi connectivity index (χ0) is 21.6. The first-order chi connectivity index (χ1) is 13.8. The van der Waals surface area contributed by atoms with Crippen molar-refractivity contribution < 1.29 is 23.9 Å². The molecule has 1 N–H and O–H groups in total. The third-order valence-electron chi connectivity index (χ3n) is 4.95. The second-order valence-corrected chi connectivity index (χ2v) is 6.87. The van der Waals surface area contributed by atoms with Crippen LogP contribution in [0.25, 0.3) is 0 Å². The number of nitrogens with one attached hydrogen (secondary N) is 1. The van der Waals surface area contributed by atoms with Crippen molar-refractivity contribution in [2.75, 3.05) is 27.4 Å². The topological polar surface area (TPSA) is 88.7 Å². The van der Waals surface area contributed by atoms with E-state index in [9.17, 15) is 14.4 Å². The number of H-pyrrole nitrogens is 1. The van der Waals surface area contributed by atoms with Gasteiger partial charge in [-0.25, -0.2) is 4.79 Å². The summed E-state index contributed by atoms with van der Waals surface area (Å²) in [4.78, 5) is 42.9. The zero-order valence-electron chi connectivity index (χ0n) is 17.6. The molecule has 0 spiro atoms. The van der Waals surface area contributed by atoms with E-state index in [1.807, 2.05) is 6.07 Å². The first-order valence-corrected chi connectivity index (χ1v) is 9.50. The number of hydrogen-bond acceptors (Lipinski definition) is 5. The van der Waals surface area contributed by atoms with Gasteiger partial charge < -0.3 is 19.4 Å². The number of aromatic amines is 1. The molecule has 1 aromatic carbocycles. The van der Waals surface area contributed by atoms with Crippen molar-refractivity contribution in [1.29, 1.82) is 0 Å². The number of benzene rings is 1. The van der Waals surface area contributed by atoms with E-state index in [0.29, 0.717) is 42.0 Å². The largest absolute Gasteiger partial charge is 0.464 e. The highest BCUT2D eigenvalue weighted by atomic mass is 16.5. The van der Waals surface area contributed by atoms with E-state index in [2.05, 4.69) is 4.98 Å². The molecule has 0 aliphatic rings. The highest BCUT2D eigenvalue weighted by molar-refractivity contribution is 6.07. The third-order valence-corrected chi connectivity index (χ3v) is 4.95. The summed E-state index contributed by atoms with van der Waals surface area (Å²) in [6, 6.07) is 8.15. The van der Waals surface area contributed by atoms with Crippen LogP contribution in [0.1, 0.15) is 55.8 Å². The van der Waals surface area contributed by atoms with Gasteiger partial charge in [-0.2, -0.15) is 0 Å². The van der Waals surface area contributed by atoms with E-state index >= 15 is 0 Å². The van der Waals surface area contributed by atoms with Gasteiger partial charge in [0.05, 0.1) is 13.2 Å². The summed E-state index contributed by atoms with van der Waals surface area (Å²) < 4.78 is 9.88. The highest BCUT2D eigenvalue weighted by Crippen LogP contribution is 2.23. The Morgan fingerprint density at radius 3 is 2.34 bits per heavy atom. The lowest BCUT2D eigenvalue weighted by Crippen LogP contribution is -2.44. The summed E-state index contributed by atoms with van der Waals surface area (Å²) in [5.74, 6) is -0.982. The van der Waals surface area contributed by atoms with Crippen LogP contribution in [0.15, 0.2) is 30.3 Å². The van der Waals surface area contributed by atoms with E-state index in [0.717, 1.165) is 0 Å². The molecular weight excluding hydrogens is 372 g/mol. The molecule has 156 valence electrons. The van der Waals surface area contributed by atoms with Gasteiger partial charge in [0.25, 0.3) is 5.91 Å². The number of ether oxygens (including phenoxy) is 2. The minimum atomic E-state index is -0.710. The predicted octanol–water partition coefficient (Wildman–Crippen LogP) is 3.17. The van der Waals surface area contributed by atoms with Gasteiger partial charge >= 0.3 is 5.97 Å². The van der Waals surface area contributed by atoms with E-state index < -0.39 is 12.0 Å². The number of aryl methyl sites for hydroxylation is 1. The summed E-state index contributed by atoms with van der Waals surface area (Å²) >= 11 is 0. The molecule has 7 heteroatoms. The van der Waals surface area contributed by atoms with Gasteiger partial charge in [0.15, 0.2) is 5.78 Å². The summed E-state index contributed by atoms with van der Waals surface area (Å²) in [6.07, 6.45) is 0.602. The van der Waals surface area contributed by atoms with Crippen LogP contribution in [0.3, 0.4) is 0 Å². The summed E-state index contributed by atoms with van der Waals surface area (Å²) in [6.45, 7) is 5.99. The SMILES string of the molecule is COCCCN(C(=O)c1ccccc1)[C@@H](C)C(=O)c1c(C)[nH]c(C(=O)OC)c1C. The second kappa shape index (κ2) is 10.0. The average Bonchev–Trinajstić information content (AvgIpc) is 3.03. The Labute approximate surface area is 171 Å². The Kier molecular flexibility index (Phi) is 7.73. The zero-order valence-corrected chi connectivity index (χ0v) is 17.6. The van der Waals surface area contributed by atoms with Gasteiger partial charge in [0.1, 0.15) is 5.69 Å². The molecule has 1 amide bonds. The molecule has 0 saturated heterocycles. The fourth-order valence-corrected chi connectivity index (χ4v) is 3.37. The maximum Gasteiger partial charge on any atom is 0.354 e. The summed E-state index contributed by atoms with van der Waals surface area (Å²) in [5, 5.41) is 0. The van der Waals surface area contributed by atoms with Gasteiger partial charge in [-0.15, -0.1) is 0 Å². The van der Waals surface area contributed by atoms with Gasteiger partial charge in [-0.1, -0.05) is 18.2 Å². The quantitative estimate of drug-likeness (QED) is 0.397. The number of amides is 1. The Hall–Kier alpha value is -2.93. The molecule has 1 atom stereocenters. The average molecular weight is 400 g/mol. The maximum atomic E-state index is 13.3. The second-order valence-electron chi connectivity index (χ2n) is 6.87. The highest BCUT2D eigenvalue weighted by Gasteiger charge is 2.31. The predicted molar refractivity (Wildman–Crippen MR) is 109 cm³/mol. The van der Waals surface area contributed by atoms with Crippen LogP contribution in [-0.2, 0) is 9.47 Å². The lowest BCUT2D eigenvalue weighted by atomic mass is 9.99. The van der Waals surface area contributed by atoms with Gasteiger partial charge in [0, 0.05) is 37.1 Å². The number of rotatable bonds is 9. The molecule has 2 aromatic rings. The molecule has 0 aliphatic carbocycles. The molecule has 1 heterocycles. The smallest absolute Gasteiger partial charge is 0.354 e. The van der Waals surface area contributed by atoms with Gasteiger partial charge in [0.2, 0.25) is 0 Å². The van der Waals surface area contributed by atoms with E-state index in [4.69, 9.17) is 9.47 Å². The summed E-state index contributed by atoms with van der Waals surface area (Å²) in [7, 11) is 2.89. The molecule has 0 radical (unpaired) electrons. The van der Waals surface area contributed by atoms with Crippen molar-refractivity contribution in [2.45, 2.75) is 33.2 Å². The molecular formula is C22H28N2O5. The van der Waals surface area contributed by atoms with Gasteiger partial charge in [-0.05, 0) is 44.9 Å². The number of Topliss-reactive ketones (excluding diaryl/α,β-unsaturated/α-hetero) is 1. The minimum Gasteiger partial charge on any atom is -0.464 e. The molecule has 0 unspecified atom stereocenters. The van der Waals surface area contributed by atoms with Crippen LogP contribution in [0, 0.1) is 13.8 Å².